The van der Waals surface area contributed by atoms with Gasteiger partial charge in [0.05, 0.1) is 17.2 Å². The van der Waals surface area contributed by atoms with Crippen LogP contribution in [0.25, 0.3) is 11.0 Å². The van der Waals surface area contributed by atoms with Crippen molar-refractivity contribution >= 4 is 33.3 Å². The number of ether oxygens (including phenoxy) is 1. The van der Waals surface area contributed by atoms with E-state index in [2.05, 4.69) is 27.0 Å². The Bertz CT molecular complexity index is 1290. The lowest BCUT2D eigenvalue weighted by Crippen LogP contribution is -2.47. The van der Waals surface area contributed by atoms with Crippen LogP contribution in [-0.4, -0.2) is 77.6 Å². The largest absolute Gasteiger partial charge is 0.494 e. The van der Waals surface area contributed by atoms with Crippen molar-refractivity contribution in [2.24, 2.45) is 0 Å². The number of fused-ring (bicyclic) bond motifs is 1. The van der Waals surface area contributed by atoms with Crippen molar-refractivity contribution in [2.45, 2.75) is 38.0 Å². The molecule has 11 heteroatoms. The minimum Gasteiger partial charge on any atom is -0.494 e. The number of nitrogens with zero attached hydrogens (tertiary/aromatic N) is 4. The first-order valence-corrected chi connectivity index (χ1v) is 13.1. The van der Waals surface area contributed by atoms with Crippen LogP contribution in [0.2, 0.25) is 0 Å². The Morgan fingerprint density at radius 3 is 2.64 bits per heavy atom. The summed E-state index contributed by atoms with van der Waals surface area (Å²) in [5.74, 6) is 1.28. The van der Waals surface area contributed by atoms with Crippen LogP contribution < -0.4 is 4.74 Å². The van der Waals surface area contributed by atoms with Gasteiger partial charge in [-0.05, 0) is 38.6 Å². The van der Waals surface area contributed by atoms with Crippen LogP contribution in [0.4, 0.5) is 0 Å². The van der Waals surface area contributed by atoms with Crippen LogP contribution >= 0.6 is 12.2 Å². The standard InChI is InChI=1S/C22H30N6O3S2/c1-4-6-17-20-21(26-25-17)22(32)24-19(23-20)14-15-13-16(7-8-18(15)31-5-2)33(29,30)28-11-9-27(3)10-12-28/h7-8,13H,4-6,9-12,14H2,1-3H3,(H,25,26)(H,23,24,32). The van der Waals surface area contributed by atoms with E-state index in [1.165, 1.54) is 0 Å². The van der Waals surface area contributed by atoms with Gasteiger partial charge in [-0.25, -0.2) is 13.4 Å². The molecular weight excluding hydrogens is 460 g/mol. The number of rotatable bonds is 8. The molecule has 0 amide bonds. The molecule has 2 N–H and O–H groups in total. The molecule has 0 unspecified atom stereocenters. The number of aromatic nitrogens is 4. The lowest BCUT2D eigenvalue weighted by Gasteiger charge is -2.31. The Kier molecular flexibility index (Phi) is 7.13. The zero-order valence-electron chi connectivity index (χ0n) is 19.2. The molecule has 33 heavy (non-hydrogen) atoms. The molecule has 178 valence electrons. The summed E-state index contributed by atoms with van der Waals surface area (Å²) in [6.45, 7) is 6.86. The van der Waals surface area contributed by atoms with Gasteiger partial charge >= 0.3 is 0 Å². The summed E-state index contributed by atoms with van der Waals surface area (Å²) in [6, 6.07) is 5.05. The molecule has 3 aromatic rings. The number of aromatic amines is 2. The Balaban J connectivity index is 1.71. The van der Waals surface area contributed by atoms with Gasteiger partial charge in [0, 0.05) is 38.2 Å². The van der Waals surface area contributed by atoms with Crippen LogP contribution in [-0.2, 0) is 22.9 Å². The summed E-state index contributed by atoms with van der Waals surface area (Å²) in [5.41, 5.74) is 3.10. The van der Waals surface area contributed by atoms with E-state index >= 15 is 0 Å². The molecule has 9 nitrogen and oxygen atoms in total. The minimum atomic E-state index is -3.59. The zero-order chi connectivity index (χ0) is 23.6. The van der Waals surface area contributed by atoms with Crippen molar-refractivity contribution in [1.82, 2.24) is 29.4 Å². The highest BCUT2D eigenvalue weighted by atomic mass is 32.2. The second kappa shape index (κ2) is 9.88. The Labute approximate surface area is 199 Å². The molecule has 1 aromatic carbocycles. The van der Waals surface area contributed by atoms with Crippen LogP contribution in [0, 0.1) is 4.64 Å². The molecule has 3 heterocycles. The van der Waals surface area contributed by atoms with Crippen LogP contribution in [0.15, 0.2) is 23.1 Å². The fourth-order valence-electron chi connectivity index (χ4n) is 4.01. The summed E-state index contributed by atoms with van der Waals surface area (Å²) >= 11 is 5.51. The van der Waals surface area contributed by atoms with E-state index in [1.807, 2.05) is 14.0 Å². The molecule has 0 spiro atoms. The SMILES string of the molecule is CCCc1n[nH]c2c(=S)[nH]c(Cc3cc(S(=O)(=O)N4CCN(C)CC4)ccc3OCC)nc12. The third-order valence-corrected chi connectivity index (χ3v) is 8.02. The highest BCUT2D eigenvalue weighted by Crippen LogP contribution is 2.27. The maximum Gasteiger partial charge on any atom is 0.243 e. The van der Waals surface area contributed by atoms with E-state index in [0.29, 0.717) is 60.9 Å². The van der Waals surface area contributed by atoms with Crippen molar-refractivity contribution in [3.05, 3.63) is 39.9 Å². The number of likely N-dealkylation sites (N-methyl/N-ethyl adjacent to an activating group) is 1. The maximum absolute atomic E-state index is 13.3. The van der Waals surface area contributed by atoms with Gasteiger partial charge in [-0.15, -0.1) is 0 Å². The molecule has 0 bridgehead atoms. The molecule has 1 aliphatic rings. The number of H-pyrrole nitrogens is 2. The second-order valence-corrected chi connectivity index (χ2v) is 10.6. The fraction of sp³-hybridized carbons (Fsp3) is 0.500. The van der Waals surface area contributed by atoms with Crippen LogP contribution in [0.5, 0.6) is 5.75 Å². The molecule has 0 atom stereocenters. The number of sulfonamides is 1. The minimum absolute atomic E-state index is 0.264. The van der Waals surface area contributed by atoms with Crippen LogP contribution in [0.1, 0.15) is 37.4 Å². The number of hydrogen-bond donors (Lipinski definition) is 2. The topological polar surface area (TPSA) is 107 Å². The molecule has 0 aliphatic carbocycles. The third-order valence-electron chi connectivity index (χ3n) is 5.82. The molecule has 1 fully saturated rings. The number of benzene rings is 1. The average molecular weight is 491 g/mol. The first kappa shape index (κ1) is 23.8. The van der Waals surface area contributed by atoms with E-state index in [0.717, 1.165) is 29.6 Å². The third kappa shape index (κ3) is 4.96. The highest BCUT2D eigenvalue weighted by molar-refractivity contribution is 7.89. The predicted octanol–water partition coefficient (Wildman–Crippen LogP) is 2.89. The first-order chi connectivity index (χ1) is 15.8. The summed E-state index contributed by atoms with van der Waals surface area (Å²) < 4.78 is 34.5. The van der Waals surface area contributed by atoms with Gasteiger partial charge in [-0.3, -0.25) is 5.10 Å². The molecule has 1 saturated heterocycles. The lowest BCUT2D eigenvalue weighted by molar-refractivity contribution is 0.222. The Morgan fingerprint density at radius 1 is 1.18 bits per heavy atom. The normalized spacial score (nSPS) is 15.8. The Hall–Kier alpha value is -2.34. The molecule has 1 aliphatic heterocycles. The van der Waals surface area contributed by atoms with Gasteiger partial charge in [-0.1, -0.05) is 25.6 Å². The molecule has 0 saturated carbocycles. The highest BCUT2D eigenvalue weighted by Gasteiger charge is 2.28. The van der Waals surface area contributed by atoms with Gasteiger partial charge in [0.25, 0.3) is 0 Å². The van der Waals surface area contributed by atoms with Crippen molar-refractivity contribution in [2.75, 3.05) is 39.8 Å². The van der Waals surface area contributed by atoms with Crippen molar-refractivity contribution in [3.8, 4) is 5.75 Å². The first-order valence-electron chi connectivity index (χ1n) is 11.2. The number of hydrogen-bond acceptors (Lipinski definition) is 7. The van der Waals surface area contributed by atoms with Crippen LogP contribution in [0.3, 0.4) is 0 Å². The molecule has 4 rings (SSSR count). The van der Waals surface area contributed by atoms with Crippen molar-refractivity contribution in [3.63, 3.8) is 0 Å². The van der Waals surface area contributed by atoms with E-state index in [9.17, 15) is 8.42 Å². The van der Waals surface area contributed by atoms with Gasteiger partial charge in [0.1, 0.15) is 27.2 Å². The van der Waals surface area contributed by atoms with E-state index in [1.54, 1.807) is 22.5 Å². The second-order valence-electron chi connectivity index (χ2n) is 8.24. The summed E-state index contributed by atoms with van der Waals surface area (Å²) in [7, 11) is -1.60. The van der Waals surface area contributed by atoms with Crippen molar-refractivity contribution < 1.29 is 13.2 Å². The summed E-state index contributed by atoms with van der Waals surface area (Å²) in [6.07, 6.45) is 2.11. The van der Waals surface area contributed by atoms with Gasteiger partial charge in [-0.2, -0.15) is 9.40 Å². The molecular formula is C22H30N6O3S2. The quantitative estimate of drug-likeness (QED) is 0.468. The molecule has 2 aromatic heterocycles. The predicted molar refractivity (Wildman–Crippen MR) is 130 cm³/mol. The molecule has 0 radical (unpaired) electrons. The van der Waals surface area contributed by atoms with Gasteiger partial charge in [0.15, 0.2) is 0 Å². The summed E-state index contributed by atoms with van der Waals surface area (Å²) in [5, 5.41) is 7.33. The van der Waals surface area contributed by atoms with Gasteiger partial charge < -0.3 is 14.6 Å². The monoisotopic (exact) mass is 490 g/mol. The number of piperazine rings is 1. The Morgan fingerprint density at radius 2 is 1.94 bits per heavy atom. The van der Waals surface area contributed by atoms with Gasteiger partial charge in [0.2, 0.25) is 10.0 Å². The van der Waals surface area contributed by atoms with Crippen molar-refractivity contribution in [1.29, 1.82) is 0 Å². The maximum atomic E-state index is 13.3. The number of aryl methyl sites for hydroxylation is 1. The van der Waals surface area contributed by atoms with E-state index in [4.69, 9.17) is 21.9 Å². The summed E-state index contributed by atoms with van der Waals surface area (Å²) in [4.78, 5) is 10.3. The fourth-order valence-corrected chi connectivity index (χ4v) is 5.75. The smallest absolute Gasteiger partial charge is 0.243 e. The average Bonchev–Trinajstić information content (AvgIpc) is 3.19. The zero-order valence-corrected chi connectivity index (χ0v) is 20.9. The van der Waals surface area contributed by atoms with E-state index in [-0.39, 0.29) is 4.90 Å². The lowest BCUT2D eigenvalue weighted by atomic mass is 10.1. The van der Waals surface area contributed by atoms with E-state index < -0.39 is 10.0 Å². The number of nitrogens with one attached hydrogen (secondary N) is 2.